The van der Waals surface area contributed by atoms with E-state index in [4.69, 9.17) is 9.47 Å². The van der Waals surface area contributed by atoms with Gasteiger partial charge in [0, 0.05) is 38.6 Å². The minimum Gasteiger partial charge on any atom is -0.497 e. The molecule has 0 radical (unpaired) electrons. The van der Waals surface area contributed by atoms with Crippen LogP contribution >= 0.6 is 0 Å². The van der Waals surface area contributed by atoms with Crippen molar-refractivity contribution in [2.24, 2.45) is 0 Å². The Morgan fingerprint density at radius 1 is 1.07 bits per heavy atom. The summed E-state index contributed by atoms with van der Waals surface area (Å²) < 4.78 is 11.3. The van der Waals surface area contributed by atoms with Crippen molar-refractivity contribution in [2.75, 3.05) is 46.9 Å². The monoisotopic (exact) mass is 396 g/mol. The van der Waals surface area contributed by atoms with Crippen molar-refractivity contribution in [3.8, 4) is 11.5 Å². The smallest absolute Gasteiger partial charge is 0.119 e. The van der Waals surface area contributed by atoms with Crippen LogP contribution in [0.15, 0.2) is 42.5 Å². The summed E-state index contributed by atoms with van der Waals surface area (Å²) in [4.78, 5) is 4.69. The first kappa shape index (κ1) is 20.2. The molecule has 1 N–H and O–H groups in total. The molecule has 5 nitrogen and oxygen atoms in total. The van der Waals surface area contributed by atoms with E-state index in [0.717, 1.165) is 57.1 Å². The van der Waals surface area contributed by atoms with Crippen molar-refractivity contribution in [1.29, 1.82) is 0 Å². The fraction of sp³-hybridized carbons (Fsp3) is 0.500. The molecule has 2 aliphatic rings. The van der Waals surface area contributed by atoms with Crippen LogP contribution in [0.3, 0.4) is 0 Å². The van der Waals surface area contributed by atoms with Crippen molar-refractivity contribution in [3.05, 3.63) is 59.2 Å². The van der Waals surface area contributed by atoms with Crippen LogP contribution < -0.4 is 9.47 Å². The van der Waals surface area contributed by atoms with E-state index in [1.165, 1.54) is 16.7 Å². The maximum absolute atomic E-state index is 9.61. The Bertz CT molecular complexity index is 808. The van der Waals surface area contributed by atoms with Crippen LogP contribution in [-0.2, 0) is 6.54 Å². The van der Waals surface area contributed by atoms with Crippen LogP contribution in [0.5, 0.6) is 11.5 Å². The maximum atomic E-state index is 9.61. The van der Waals surface area contributed by atoms with Gasteiger partial charge in [-0.05, 0) is 60.8 Å². The lowest BCUT2D eigenvalue weighted by Crippen LogP contribution is -2.31. The highest BCUT2D eigenvalue weighted by Gasteiger charge is 2.25. The quantitative estimate of drug-likeness (QED) is 0.729. The molecule has 2 aliphatic heterocycles. The lowest BCUT2D eigenvalue weighted by atomic mass is 9.84. The molecule has 0 spiro atoms. The van der Waals surface area contributed by atoms with Crippen molar-refractivity contribution in [3.63, 3.8) is 0 Å². The third-order valence-electron chi connectivity index (χ3n) is 6.08. The van der Waals surface area contributed by atoms with E-state index in [1.54, 1.807) is 7.11 Å². The summed E-state index contributed by atoms with van der Waals surface area (Å²) in [5.41, 5.74) is 4.06. The molecule has 2 aromatic carbocycles. The number of β-amino-alcohol motifs (C(OH)–C–C–N with tert-alkyl or cyclic N) is 1. The molecule has 2 aromatic rings. The van der Waals surface area contributed by atoms with Gasteiger partial charge in [0.2, 0.25) is 0 Å². The second kappa shape index (κ2) is 9.16. The van der Waals surface area contributed by atoms with Gasteiger partial charge in [0.1, 0.15) is 11.5 Å². The summed E-state index contributed by atoms with van der Waals surface area (Å²) >= 11 is 0. The molecule has 2 atom stereocenters. The summed E-state index contributed by atoms with van der Waals surface area (Å²) in [5, 5.41) is 9.61. The van der Waals surface area contributed by atoms with E-state index in [-0.39, 0.29) is 6.10 Å². The predicted molar refractivity (Wildman–Crippen MR) is 115 cm³/mol. The molecule has 2 heterocycles. The first-order valence-electron chi connectivity index (χ1n) is 10.6. The standard InChI is InChI=1S/C24H32N2O3/c1-25-15-19-14-22(29-13-3-11-26-12-10-20(27)16-26)8-9-23(19)24(17-25)18-4-6-21(28-2)7-5-18/h4-9,14,20,24,27H,3,10-13,15-17H2,1-2H3. The minimum atomic E-state index is -0.146. The van der Waals surface area contributed by atoms with Gasteiger partial charge < -0.3 is 24.4 Å². The molecule has 4 rings (SSSR count). The fourth-order valence-corrected chi connectivity index (χ4v) is 4.53. The molecule has 5 heteroatoms. The van der Waals surface area contributed by atoms with Gasteiger partial charge in [0.15, 0.2) is 0 Å². The van der Waals surface area contributed by atoms with E-state index >= 15 is 0 Å². The number of fused-ring (bicyclic) bond motifs is 1. The highest BCUT2D eigenvalue weighted by molar-refractivity contribution is 5.45. The summed E-state index contributed by atoms with van der Waals surface area (Å²) in [5.74, 6) is 2.21. The molecular weight excluding hydrogens is 364 g/mol. The largest absolute Gasteiger partial charge is 0.497 e. The lowest BCUT2D eigenvalue weighted by Gasteiger charge is -2.33. The predicted octanol–water partition coefficient (Wildman–Crippen LogP) is 3.11. The molecule has 1 fully saturated rings. The first-order valence-corrected chi connectivity index (χ1v) is 10.6. The van der Waals surface area contributed by atoms with E-state index in [2.05, 4.69) is 47.2 Å². The zero-order valence-electron chi connectivity index (χ0n) is 17.5. The number of aliphatic hydroxyl groups is 1. The Balaban J connectivity index is 1.39. The molecule has 0 bridgehead atoms. The number of methoxy groups -OCH3 is 1. The van der Waals surface area contributed by atoms with Gasteiger partial charge in [-0.15, -0.1) is 0 Å². The Kier molecular flexibility index (Phi) is 6.38. The van der Waals surface area contributed by atoms with Gasteiger partial charge in [0.05, 0.1) is 19.8 Å². The number of ether oxygens (including phenoxy) is 2. The maximum Gasteiger partial charge on any atom is 0.119 e. The Morgan fingerprint density at radius 3 is 2.59 bits per heavy atom. The SMILES string of the molecule is COc1ccc(C2CN(C)Cc3cc(OCCCN4CCC(O)C4)ccc32)cc1. The highest BCUT2D eigenvalue weighted by atomic mass is 16.5. The Labute approximate surface area is 173 Å². The van der Waals surface area contributed by atoms with Crippen LogP contribution in [0, 0.1) is 0 Å². The third kappa shape index (κ3) is 4.92. The average molecular weight is 397 g/mol. The van der Waals surface area contributed by atoms with Crippen molar-refractivity contribution in [2.45, 2.75) is 31.4 Å². The summed E-state index contributed by atoms with van der Waals surface area (Å²) in [6.07, 6.45) is 1.74. The first-order chi connectivity index (χ1) is 14.1. The van der Waals surface area contributed by atoms with E-state index < -0.39 is 0 Å². The molecule has 0 saturated carbocycles. The van der Waals surface area contributed by atoms with Crippen LogP contribution in [0.25, 0.3) is 0 Å². The summed E-state index contributed by atoms with van der Waals surface area (Å²) in [6, 6.07) is 15.0. The topological polar surface area (TPSA) is 45.2 Å². The molecule has 2 unspecified atom stereocenters. The zero-order chi connectivity index (χ0) is 20.2. The number of hydrogen-bond acceptors (Lipinski definition) is 5. The minimum absolute atomic E-state index is 0.146. The molecule has 29 heavy (non-hydrogen) atoms. The molecule has 0 aliphatic carbocycles. The molecule has 0 amide bonds. The Hall–Kier alpha value is -2.08. The van der Waals surface area contributed by atoms with Gasteiger partial charge >= 0.3 is 0 Å². The summed E-state index contributed by atoms with van der Waals surface area (Å²) in [6.45, 7) is 5.47. The number of likely N-dealkylation sites (N-methyl/N-ethyl adjacent to an activating group) is 1. The number of likely N-dealkylation sites (tertiary alicyclic amines) is 1. The zero-order valence-corrected chi connectivity index (χ0v) is 17.5. The van der Waals surface area contributed by atoms with Crippen molar-refractivity contribution < 1.29 is 14.6 Å². The van der Waals surface area contributed by atoms with Gasteiger partial charge in [-0.2, -0.15) is 0 Å². The molecule has 0 aromatic heterocycles. The molecule has 156 valence electrons. The highest BCUT2D eigenvalue weighted by Crippen LogP contribution is 2.35. The number of benzene rings is 2. The van der Waals surface area contributed by atoms with Gasteiger partial charge in [-0.3, -0.25) is 0 Å². The van der Waals surface area contributed by atoms with Crippen LogP contribution in [0.1, 0.15) is 35.4 Å². The second-order valence-electron chi connectivity index (χ2n) is 8.33. The van der Waals surface area contributed by atoms with E-state index in [0.29, 0.717) is 12.5 Å². The normalized spacial score (nSPS) is 22.4. The van der Waals surface area contributed by atoms with Crippen molar-refractivity contribution in [1.82, 2.24) is 9.80 Å². The lowest BCUT2D eigenvalue weighted by molar-refractivity contribution is 0.173. The van der Waals surface area contributed by atoms with Crippen LogP contribution in [0.4, 0.5) is 0 Å². The number of nitrogens with zero attached hydrogens (tertiary/aromatic N) is 2. The van der Waals surface area contributed by atoms with Gasteiger partial charge in [-0.1, -0.05) is 18.2 Å². The molecule has 1 saturated heterocycles. The van der Waals surface area contributed by atoms with Crippen LogP contribution in [0.2, 0.25) is 0 Å². The van der Waals surface area contributed by atoms with Gasteiger partial charge in [-0.25, -0.2) is 0 Å². The van der Waals surface area contributed by atoms with Crippen LogP contribution in [-0.4, -0.2) is 68.0 Å². The molecular formula is C24H32N2O3. The van der Waals surface area contributed by atoms with E-state index in [1.807, 2.05) is 12.1 Å². The van der Waals surface area contributed by atoms with E-state index in [9.17, 15) is 5.11 Å². The third-order valence-corrected chi connectivity index (χ3v) is 6.08. The van der Waals surface area contributed by atoms with Crippen molar-refractivity contribution >= 4 is 0 Å². The number of rotatable bonds is 7. The average Bonchev–Trinajstić information content (AvgIpc) is 3.15. The van der Waals surface area contributed by atoms with Gasteiger partial charge in [0.25, 0.3) is 0 Å². The number of hydrogen-bond donors (Lipinski definition) is 1. The summed E-state index contributed by atoms with van der Waals surface area (Å²) in [7, 11) is 3.88. The second-order valence-corrected chi connectivity index (χ2v) is 8.33. The number of aliphatic hydroxyl groups excluding tert-OH is 1. The Morgan fingerprint density at radius 2 is 1.86 bits per heavy atom. The fourth-order valence-electron chi connectivity index (χ4n) is 4.53.